The number of anilines is 1. The average molecular weight is 353 g/mol. The van der Waals surface area contributed by atoms with Gasteiger partial charge in [-0.3, -0.25) is 0 Å². The van der Waals surface area contributed by atoms with Crippen LogP contribution in [0, 0.1) is 18.3 Å². The zero-order valence-corrected chi connectivity index (χ0v) is 15.6. The van der Waals surface area contributed by atoms with Crippen molar-refractivity contribution < 1.29 is 9.84 Å². The molecule has 1 saturated heterocycles. The van der Waals surface area contributed by atoms with Crippen LogP contribution in [0.2, 0.25) is 0 Å². The van der Waals surface area contributed by atoms with Crippen molar-refractivity contribution in [2.45, 2.75) is 33.1 Å². The predicted molar refractivity (Wildman–Crippen MR) is 102 cm³/mol. The molecular weight excluding hydrogens is 326 g/mol. The topological polar surface area (TPSA) is 58.5 Å². The van der Waals surface area contributed by atoms with Crippen LogP contribution in [0.4, 0.5) is 5.82 Å². The van der Waals surface area contributed by atoms with E-state index < -0.39 is 0 Å². The molecule has 0 amide bonds. The van der Waals surface area contributed by atoms with Gasteiger partial charge in [-0.05, 0) is 31.4 Å². The van der Waals surface area contributed by atoms with E-state index >= 15 is 0 Å². The molecule has 2 aromatic rings. The summed E-state index contributed by atoms with van der Waals surface area (Å²) in [6, 6.07) is 8.22. The van der Waals surface area contributed by atoms with Crippen molar-refractivity contribution in [3.63, 3.8) is 0 Å². The molecule has 5 nitrogen and oxygen atoms in total. The van der Waals surface area contributed by atoms with Gasteiger partial charge in [-0.15, -0.1) is 0 Å². The van der Waals surface area contributed by atoms with Crippen LogP contribution in [-0.4, -0.2) is 41.4 Å². The number of aryl methyl sites for hydroxylation is 2. The number of rotatable bonds is 4. The van der Waals surface area contributed by atoms with Gasteiger partial charge in [-0.2, -0.15) is 0 Å². The number of ether oxygens (including phenoxy) is 1. The summed E-state index contributed by atoms with van der Waals surface area (Å²) in [6.07, 6.45) is 4.85. The van der Waals surface area contributed by atoms with Crippen LogP contribution >= 0.6 is 0 Å². The molecule has 3 heterocycles. The molecule has 0 bridgehead atoms. The first-order chi connectivity index (χ1) is 12.6. The Morgan fingerprint density at radius 2 is 2.19 bits per heavy atom. The normalized spacial score (nSPS) is 24.6. The van der Waals surface area contributed by atoms with Crippen LogP contribution in [0.3, 0.4) is 0 Å². The van der Waals surface area contributed by atoms with E-state index in [1.165, 1.54) is 11.1 Å². The van der Waals surface area contributed by atoms with Crippen molar-refractivity contribution in [1.82, 2.24) is 9.97 Å². The molecule has 1 N–H and O–H groups in total. The summed E-state index contributed by atoms with van der Waals surface area (Å²) in [5, 5.41) is 10.4. The van der Waals surface area contributed by atoms with Gasteiger partial charge in [-0.1, -0.05) is 31.5 Å². The summed E-state index contributed by atoms with van der Waals surface area (Å²) in [5.41, 5.74) is 2.21. The largest absolute Gasteiger partial charge is 0.493 e. The van der Waals surface area contributed by atoms with E-state index in [9.17, 15) is 5.11 Å². The Kier molecular flexibility index (Phi) is 4.57. The molecule has 26 heavy (non-hydrogen) atoms. The molecule has 2 aliphatic heterocycles. The number of nitrogens with zero attached hydrogens (tertiary/aromatic N) is 3. The van der Waals surface area contributed by atoms with E-state index in [4.69, 9.17) is 9.72 Å². The molecule has 0 saturated carbocycles. The Morgan fingerprint density at radius 1 is 1.35 bits per heavy atom. The fourth-order valence-corrected chi connectivity index (χ4v) is 4.42. The van der Waals surface area contributed by atoms with Crippen LogP contribution in [0.5, 0.6) is 5.75 Å². The first-order valence-electron chi connectivity index (χ1n) is 9.54. The lowest BCUT2D eigenvalue weighted by Gasteiger charge is -2.30. The Balaban J connectivity index is 1.68. The Bertz CT molecular complexity index is 795. The molecule has 1 fully saturated rings. The molecule has 0 unspecified atom stereocenters. The smallest absolute Gasteiger partial charge is 0.135 e. The lowest BCUT2D eigenvalue weighted by molar-refractivity contribution is 0.0816. The standard InChI is InChI=1S/C21H27N3O2/c1-3-6-17-10-22-15(2)23-20(17)24-11-18-12-26-19-8-5-4-7-16(19)9-21(18,13-24)14-25/h4-5,7-8,10,18,25H,3,6,9,11-14H2,1-2H3/t18-,21-/m0/s1. The fraction of sp³-hybridized carbons (Fsp3) is 0.524. The SMILES string of the molecule is CCCc1cnc(C)nc1N1C[C@H]2COc3ccccc3C[C@@]2(CO)C1. The van der Waals surface area contributed by atoms with Gasteiger partial charge in [0.25, 0.3) is 0 Å². The van der Waals surface area contributed by atoms with Crippen LogP contribution in [-0.2, 0) is 12.8 Å². The highest BCUT2D eigenvalue weighted by Gasteiger charge is 2.49. The van der Waals surface area contributed by atoms with E-state index in [0.29, 0.717) is 6.61 Å². The van der Waals surface area contributed by atoms with Crippen molar-refractivity contribution in [3.8, 4) is 5.75 Å². The van der Waals surface area contributed by atoms with Crippen molar-refractivity contribution >= 4 is 5.82 Å². The molecule has 1 aromatic carbocycles. The number of hydrogen-bond acceptors (Lipinski definition) is 5. The summed E-state index contributed by atoms with van der Waals surface area (Å²) < 4.78 is 6.10. The first-order valence-corrected chi connectivity index (χ1v) is 9.54. The summed E-state index contributed by atoms with van der Waals surface area (Å²) in [7, 11) is 0. The second-order valence-electron chi connectivity index (χ2n) is 7.71. The minimum Gasteiger partial charge on any atom is -0.493 e. The second-order valence-corrected chi connectivity index (χ2v) is 7.71. The zero-order valence-electron chi connectivity index (χ0n) is 15.6. The monoisotopic (exact) mass is 353 g/mol. The van der Waals surface area contributed by atoms with Crippen LogP contribution in [0.15, 0.2) is 30.5 Å². The van der Waals surface area contributed by atoms with Gasteiger partial charge >= 0.3 is 0 Å². The third-order valence-electron chi connectivity index (χ3n) is 5.86. The highest BCUT2D eigenvalue weighted by atomic mass is 16.5. The molecule has 138 valence electrons. The molecule has 2 atom stereocenters. The first kappa shape index (κ1) is 17.3. The highest BCUT2D eigenvalue weighted by Crippen LogP contribution is 2.44. The third kappa shape index (κ3) is 2.94. The second kappa shape index (κ2) is 6.88. The minimum absolute atomic E-state index is 0.166. The Labute approximate surface area is 155 Å². The van der Waals surface area contributed by atoms with Crippen LogP contribution in [0.1, 0.15) is 30.3 Å². The molecule has 0 spiro atoms. The molecular formula is C21H27N3O2. The zero-order chi connectivity index (χ0) is 18.1. The number of fused-ring (bicyclic) bond motifs is 2. The van der Waals surface area contributed by atoms with E-state index in [1.807, 2.05) is 31.3 Å². The summed E-state index contributed by atoms with van der Waals surface area (Å²) in [4.78, 5) is 11.5. The summed E-state index contributed by atoms with van der Waals surface area (Å²) in [6.45, 7) is 6.59. The van der Waals surface area contributed by atoms with E-state index in [1.54, 1.807) is 0 Å². The summed E-state index contributed by atoms with van der Waals surface area (Å²) in [5.74, 6) is 3.08. The Morgan fingerprint density at radius 3 is 3.00 bits per heavy atom. The van der Waals surface area contributed by atoms with Gasteiger partial charge in [0.15, 0.2) is 0 Å². The highest BCUT2D eigenvalue weighted by molar-refractivity contribution is 5.49. The number of aliphatic hydroxyl groups excluding tert-OH is 1. The predicted octanol–water partition coefficient (Wildman–Crippen LogP) is 2.79. The number of hydrogen-bond donors (Lipinski definition) is 1. The van der Waals surface area contributed by atoms with Gasteiger partial charge < -0.3 is 14.7 Å². The van der Waals surface area contributed by atoms with Crippen molar-refractivity contribution in [2.75, 3.05) is 31.2 Å². The maximum absolute atomic E-state index is 10.4. The molecule has 4 rings (SSSR count). The molecule has 5 heteroatoms. The van der Waals surface area contributed by atoms with Gasteiger partial charge in [0.2, 0.25) is 0 Å². The van der Waals surface area contributed by atoms with Gasteiger partial charge in [0.05, 0.1) is 13.2 Å². The molecule has 0 aliphatic carbocycles. The van der Waals surface area contributed by atoms with Gasteiger partial charge in [0.1, 0.15) is 17.4 Å². The number of para-hydroxylation sites is 1. The van der Waals surface area contributed by atoms with E-state index in [-0.39, 0.29) is 17.9 Å². The van der Waals surface area contributed by atoms with Gasteiger partial charge in [0, 0.05) is 36.2 Å². The average Bonchev–Trinajstić information content (AvgIpc) is 2.93. The maximum atomic E-state index is 10.4. The maximum Gasteiger partial charge on any atom is 0.135 e. The molecule has 0 radical (unpaired) electrons. The fourth-order valence-electron chi connectivity index (χ4n) is 4.42. The quantitative estimate of drug-likeness (QED) is 0.916. The molecule has 1 aromatic heterocycles. The van der Waals surface area contributed by atoms with Crippen LogP contribution in [0.25, 0.3) is 0 Å². The molecule has 2 aliphatic rings. The third-order valence-corrected chi connectivity index (χ3v) is 5.86. The lowest BCUT2D eigenvalue weighted by atomic mass is 9.75. The number of aliphatic hydroxyl groups is 1. The van der Waals surface area contributed by atoms with Gasteiger partial charge in [-0.25, -0.2) is 9.97 Å². The number of aromatic nitrogens is 2. The van der Waals surface area contributed by atoms with Crippen molar-refractivity contribution in [1.29, 1.82) is 0 Å². The minimum atomic E-state index is -0.186. The summed E-state index contributed by atoms with van der Waals surface area (Å²) >= 11 is 0. The van der Waals surface area contributed by atoms with E-state index in [0.717, 1.165) is 49.7 Å². The van der Waals surface area contributed by atoms with Crippen molar-refractivity contribution in [2.24, 2.45) is 11.3 Å². The lowest BCUT2D eigenvalue weighted by Crippen LogP contribution is -2.38. The Hall–Kier alpha value is -2.14. The van der Waals surface area contributed by atoms with Crippen molar-refractivity contribution in [3.05, 3.63) is 47.4 Å². The number of benzene rings is 1. The van der Waals surface area contributed by atoms with E-state index in [2.05, 4.69) is 22.9 Å². The van der Waals surface area contributed by atoms with Crippen LogP contribution < -0.4 is 9.64 Å².